The van der Waals surface area contributed by atoms with E-state index in [1.54, 1.807) is 14.0 Å². The molecule has 15 heavy (non-hydrogen) atoms. The number of likely N-dealkylation sites (tertiary alicyclic amines) is 1. The summed E-state index contributed by atoms with van der Waals surface area (Å²) in [4.78, 5) is 24.4. The van der Waals surface area contributed by atoms with Gasteiger partial charge in [0.2, 0.25) is 5.91 Å². The van der Waals surface area contributed by atoms with Crippen molar-refractivity contribution in [2.24, 2.45) is 5.92 Å². The Morgan fingerprint density at radius 1 is 1.33 bits per heavy atom. The SMILES string of the molecule is CNC(=O)CCN1CCC(C(C)=O)CC1. The van der Waals surface area contributed by atoms with Crippen LogP contribution in [0.15, 0.2) is 0 Å². The van der Waals surface area contributed by atoms with Gasteiger partial charge in [-0.05, 0) is 32.9 Å². The molecule has 1 aliphatic heterocycles. The first-order valence-corrected chi connectivity index (χ1v) is 5.57. The van der Waals surface area contributed by atoms with Crippen LogP contribution in [-0.4, -0.2) is 43.3 Å². The summed E-state index contributed by atoms with van der Waals surface area (Å²) in [7, 11) is 1.66. The number of nitrogens with one attached hydrogen (secondary N) is 1. The van der Waals surface area contributed by atoms with Crippen LogP contribution in [-0.2, 0) is 9.59 Å². The van der Waals surface area contributed by atoms with Crippen LogP contribution in [0.25, 0.3) is 0 Å². The highest BCUT2D eigenvalue weighted by Crippen LogP contribution is 2.17. The molecule has 1 fully saturated rings. The largest absolute Gasteiger partial charge is 0.359 e. The van der Waals surface area contributed by atoms with Crippen molar-refractivity contribution in [1.29, 1.82) is 0 Å². The fraction of sp³-hybridized carbons (Fsp3) is 0.818. The zero-order valence-electron chi connectivity index (χ0n) is 9.58. The first-order chi connectivity index (χ1) is 7.13. The summed E-state index contributed by atoms with van der Waals surface area (Å²) < 4.78 is 0. The monoisotopic (exact) mass is 212 g/mol. The summed E-state index contributed by atoms with van der Waals surface area (Å²) in [5, 5.41) is 2.61. The van der Waals surface area contributed by atoms with E-state index in [0.29, 0.717) is 12.2 Å². The van der Waals surface area contributed by atoms with E-state index in [-0.39, 0.29) is 11.8 Å². The molecule has 1 N–H and O–H groups in total. The molecular weight excluding hydrogens is 192 g/mol. The number of hydrogen-bond acceptors (Lipinski definition) is 3. The number of carbonyl (C=O) groups excluding carboxylic acids is 2. The summed E-state index contributed by atoms with van der Waals surface area (Å²) in [6.45, 7) is 4.37. The highest BCUT2D eigenvalue weighted by atomic mass is 16.1. The van der Waals surface area contributed by atoms with Crippen molar-refractivity contribution in [3.63, 3.8) is 0 Å². The third-order valence-corrected chi connectivity index (χ3v) is 3.10. The van der Waals surface area contributed by atoms with Gasteiger partial charge in [0.15, 0.2) is 0 Å². The Hall–Kier alpha value is -0.900. The molecule has 0 aliphatic carbocycles. The topological polar surface area (TPSA) is 49.4 Å². The van der Waals surface area contributed by atoms with Crippen molar-refractivity contribution >= 4 is 11.7 Å². The summed E-state index contributed by atoms with van der Waals surface area (Å²) in [6, 6.07) is 0. The van der Waals surface area contributed by atoms with Crippen molar-refractivity contribution in [2.45, 2.75) is 26.2 Å². The normalized spacial score (nSPS) is 18.8. The van der Waals surface area contributed by atoms with Crippen molar-refractivity contribution in [3.8, 4) is 0 Å². The number of Topliss-reactive ketones (excluding diaryl/α,β-unsaturated/α-hetero) is 1. The number of ketones is 1. The molecule has 0 aromatic carbocycles. The Bertz CT molecular complexity index is 233. The van der Waals surface area contributed by atoms with E-state index < -0.39 is 0 Å². The lowest BCUT2D eigenvalue weighted by Gasteiger charge is -2.30. The van der Waals surface area contributed by atoms with Crippen LogP contribution < -0.4 is 5.32 Å². The van der Waals surface area contributed by atoms with Gasteiger partial charge in [0.1, 0.15) is 5.78 Å². The molecule has 0 unspecified atom stereocenters. The van der Waals surface area contributed by atoms with Gasteiger partial charge in [0.05, 0.1) is 0 Å². The lowest BCUT2D eigenvalue weighted by atomic mass is 9.93. The van der Waals surface area contributed by atoms with Crippen molar-refractivity contribution in [1.82, 2.24) is 10.2 Å². The van der Waals surface area contributed by atoms with Gasteiger partial charge >= 0.3 is 0 Å². The zero-order valence-corrected chi connectivity index (χ0v) is 9.58. The van der Waals surface area contributed by atoms with E-state index in [2.05, 4.69) is 10.2 Å². The van der Waals surface area contributed by atoms with Crippen LogP contribution in [0.2, 0.25) is 0 Å². The Morgan fingerprint density at radius 2 is 1.93 bits per heavy atom. The summed E-state index contributed by atoms with van der Waals surface area (Å²) >= 11 is 0. The highest BCUT2D eigenvalue weighted by molar-refractivity contribution is 5.78. The second-order valence-corrected chi connectivity index (χ2v) is 4.15. The number of amides is 1. The van der Waals surface area contributed by atoms with E-state index in [9.17, 15) is 9.59 Å². The van der Waals surface area contributed by atoms with Gasteiger partial charge in [-0.1, -0.05) is 0 Å². The molecule has 0 saturated carbocycles. The molecular formula is C11H20N2O2. The minimum atomic E-state index is 0.0868. The van der Waals surface area contributed by atoms with Crippen molar-refractivity contribution < 1.29 is 9.59 Å². The van der Waals surface area contributed by atoms with Crippen LogP contribution in [0, 0.1) is 5.92 Å². The molecule has 0 aromatic heterocycles. The number of hydrogen-bond donors (Lipinski definition) is 1. The predicted molar refractivity (Wildman–Crippen MR) is 58.5 cm³/mol. The first-order valence-electron chi connectivity index (χ1n) is 5.57. The Balaban J connectivity index is 2.20. The molecule has 86 valence electrons. The number of carbonyl (C=O) groups is 2. The maximum atomic E-state index is 11.1. The van der Waals surface area contributed by atoms with Gasteiger partial charge in [-0.25, -0.2) is 0 Å². The van der Waals surface area contributed by atoms with E-state index in [1.807, 2.05) is 0 Å². The predicted octanol–water partition coefficient (Wildman–Crippen LogP) is 0.423. The fourth-order valence-electron chi connectivity index (χ4n) is 1.95. The average Bonchev–Trinajstić information content (AvgIpc) is 2.26. The molecule has 0 spiro atoms. The van der Waals surface area contributed by atoms with Crippen LogP contribution in [0.3, 0.4) is 0 Å². The molecule has 0 bridgehead atoms. The molecule has 0 aromatic rings. The summed E-state index contributed by atoms with van der Waals surface area (Å²) in [5.74, 6) is 0.644. The van der Waals surface area contributed by atoms with Gasteiger partial charge < -0.3 is 10.2 Å². The zero-order chi connectivity index (χ0) is 11.3. The third kappa shape index (κ3) is 4.00. The summed E-state index contributed by atoms with van der Waals surface area (Å²) in [5.41, 5.74) is 0. The van der Waals surface area contributed by atoms with E-state index in [4.69, 9.17) is 0 Å². The second kappa shape index (κ2) is 5.85. The maximum absolute atomic E-state index is 11.1. The van der Waals surface area contributed by atoms with Crippen LogP contribution in [0.5, 0.6) is 0 Å². The number of nitrogens with zero attached hydrogens (tertiary/aromatic N) is 1. The summed E-state index contributed by atoms with van der Waals surface area (Å²) in [6.07, 6.45) is 2.45. The maximum Gasteiger partial charge on any atom is 0.221 e. The lowest BCUT2D eigenvalue weighted by molar-refractivity contribution is -0.123. The number of rotatable bonds is 4. The smallest absolute Gasteiger partial charge is 0.221 e. The van der Waals surface area contributed by atoms with Gasteiger partial charge in [-0.3, -0.25) is 9.59 Å². The van der Waals surface area contributed by atoms with Gasteiger partial charge in [-0.2, -0.15) is 0 Å². The van der Waals surface area contributed by atoms with Gasteiger partial charge in [0, 0.05) is 25.9 Å². The number of piperidine rings is 1. The molecule has 4 heteroatoms. The minimum Gasteiger partial charge on any atom is -0.359 e. The molecule has 0 radical (unpaired) electrons. The van der Waals surface area contributed by atoms with E-state index >= 15 is 0 Å². The lowest BCUT2D eigenvalue weighted by Crippen LogP contribution is -2.37. The molecule has 1 amide bonds. The van der Waals surface area contributed by atoms with Crippen LogP contribution >= 0.6 is 0 Å². The van der Waals surface area contributed by atoms with E-state index in [1.165, 1.54) is 0 Å². The molecule has 1 rings (SSSR count). The third-order valence-electron chi connectivity index (χ3n) is 3.10. The minimum absolute atomic E-state index is 0.0868. The molecule has 0 atom stereocenters. The van der Waals surface area contributed by atoms with Gasteiger partial charge in [0.25, 0.3) is 0 Å². The molecule has 1 aliphatic rings. The molecule has 4 nitrogen and oxygen atoms in total. The second-order valence-electron chi connectivity index (χ2n) is 4.15. The Labute approximate surface area is 91.0 Å². The Kier molecular flexibility index (Phi) is 4.75. The van der Waals surface area contributed by atoms with Crippen molar-refractivity contribution in [2.75, 3.05) is 26.7 Å². The molecule has 1 heterocycles. The fourth-order valence-corrected chi connectivity index (χ4v) is 1.95. The standard InChI is InChI=1S/C11H20N2O2/c1-9(14)10-3-6-13(7-4-10)8-5-11(15)12-2/h10H,3-8H2,1-2H3,(H,12,15). The van der Waals surface area contributed by atoms with Crippen LogP contribution in [0.1, 0.15) is 26.2 Å². The quantitative estimate of drug-likeness (QED) is 0.735. The molecule has 1 saturated heterocycles. The van der Waals surface area contributed by atoms with Gasteiger partial charge in [-0.15, -0.1) is 0 Å². The van der Waals surface area contributed by atoms with Crippen LogP contribution in [0.4, 0.5) is 0 Å². The first kappa shape index (κ1) is 12.2. The average molecular weight is 212 g/mol. The van der Waals surface area contributed by atoms with Crippen molar-refractivity contribution in [3.05, 3.63) is 0 Å². The Morgan fingerprint density at radius 3 is 2.40 bits per heavy atom. The van der Waals surface area contributed by atoms with E-state index in [0.717, 1.165) is 32.5 Å². The highest BCUT2D eigenvalue weighted by Gasteiger charge is 2.22.